The Hall–Kier alpha value is -2.66. The fourth-order valence-electron chi connectivity index (χ4n) is 4.43. The number of carbonyl (C=O) groups excluding carboxylic acids is 2. The maximum Gasteiger partial charge on any atom is 0.253 e. The average Bonchev–Trinajstić information content (AvgIpc) is 3.55. The van der Waals surface area contributed by atoms with E-state index >= 15 is 0 Å². The van der Waals surface area contributed by atoms with Gasteiger partial charge in [-0.3, -0.25) is 24.8 Å². The molecule has 1 atom stereocenters. The normalized spacial score (nSPS) is 21.9. The number of morpholine rings is 1. The molecular weight excluding hydrogens is 456 g/mol. The van der Waals surface area contributed by atoms with Gasteiger partial charge in [0.15, 0.2) is 16.7 Å². The van der Waals surface area contributed by atoms with Crippen LogP contribution in [0.4, 0.5) is 5.13 Å². The van der Waals surface area contributed by atoms with Crippen LogP contribution in [0.15, 0.2) is 39.5 Å². The molecule has 0 radical (unpaired) electrons. The summed E-state index contributed by atoms with van der Waals surface area (Å²) < 4.78 is 16.3. The Kier molecular flexibility index (Phi) is 7.29. The van der Waals surface area contributed by atoms with E-state index in [1.54, 1.807) is 30.7 Å². The number of aliphatic imine (C=N–C) groups is 1. The molecule has 5 heterocycles. The summed E-state index contributed by atoms with van der Waals surface area (Å²) >= 11 is 1.20. The second kappa shape index (κ2) is 10.7. The number of dihydropyridines is 1. The summed E-state index contributed by atoms with van der Waals surface area (Å²) in [4.78, 5) is 38.3. The van der Waals surface area contributed by atoms with Gasteiger partial charge in [0.2, 0.25) is 0 Å². The summed E-state index contributed by atoms with van der Waals surface area (Å²) in [5, 5.41) is 3.29. The number of allylic oxidation sites excluding steroid dienone is 1. The molecule has 3 aliphatic heterocycles. The topological polar surface area (TPSA) is 106 Å². The molecule has 2 fully saturated rings. The maximum absolute atomic E-state index is 13.3. The summed E-state index contributed by atoms with van der Waals surface area (Å²) in [5.41, 5.74) is 1.13. The first-order valence-corrected chi connectivity index (χ1v) is 12.5. The van der Waals surface area contributed by atoms with E-state index in [4.69, 9.17) is 13.9 Å². The second-order valence-electron chi connectivity index (χ2n) is 8.64. The molecule has 1 unspecified atom stereocenters. The quantitative estimate of drug-likeness (QED) is 0.602. The number of thiazole rings is 1. The molecule has 180 valence electrons. The Labute approximate surface area is 201 Å². The molecule has 10 heteroatoms. The molecule has 0 aliphatic carbocycles. The molecule has 0 saturated carbocycles. The number of hydrogen-bond donors (Lipinski definition) is 1. The smallest absolute Gasteiger partial charge is 0.253 e. The van der Waals surface area contributed by atoms with Crippen molar-refractivity contribution in [3.63, 3.8) is 0 Å². The number of Topliss-reactive ketones (excluding diaryl/α,β-unsaturated/α-hetero) is 1. The first kappa shape index (κ1) is 23.1. The second-order valence-corrected chi connectivity index (χ2v) is 9.64. The van der Waals surface area contributed by atoms with Gasteiger partial charge < -0.3 is 13.9 Å². The number of furan rings is 1. The average molecular weight is 485 g/mol. The van der Waals surface area contributed by atoms with Crippen molar-refractivity contribution in [2.24, 2.45) is 10.9 Å². The zero-order valence-electron chi connectivity index (χ0n) is 18.9. The molecule has 34 heavy (non-hydrogen) atoms. The largest absolute Gasteiger partial charge is 0.463 e. The van der Waals surface area contributed by atoms with Gasteiger partial charge in [-0.05, 0) is 31.1 Å². The summed E-state index contributed by atoms with van der Waals surface area (Å²) in [6.07, 6.45) is 6.94. The monoisotopic (exact) mass is 484 g/mol. The van der Waals surface area contributed by atoms with Gasteiger partial charge >= 0.3 is 0 Å². The van der Waals surface area contributed by atoms with Crippen molar-refractivity contribution in [3.8, 4) is 11.5 Å². The van der Waals surface area contributed by atoms with Gasteiger partial charge in [0.1, 0.15) is 10.6 Å². The Morgan fingerprint density at radius 1 is 1.15 bits per heavy atom. The lowest BCUT2D eigenvalue weighted by molar-refractivity contribution is -0.113. The highest BCUT2D eigenvalue weighted by molar-refractivity contribution is 7.18. The van der Waals surface area contributed by atoms with Gasteiger partial charge in [0.05, 0.1) is 25.5 Å². The summed E-state index contributed by atoms with van der Waals surface area (Å²) in [5.74, 6) is 0.219. The zero-order chi connectivity index (χ0) is 23.3. The Bertz CT molecular complexity index is 1070. The Balaban J connectivity index is 1.29. The highest BCUT2D eigenvalue weighted by atomic mass is 32.1. The van der Waals surface area contributed by atoms with Gasteiger partial charge in [0.25, 0.3) is 5.91 Å². The predicted octanol–water partition coefficient (Wildman–Crippen LogP) is 3.05. The van der Waals surface area contributed by atoms with E-state index in [1.807, 2.05) is 0 Å². The minimum absolute atomic E-state index is 0.0299. The number of nitrogens with one attached hydrogen (secondary N) is 1. The molecule has 0 bridgehead atoms. The molecule has 2 aromatic heterocycles. The van der Waals surface area contributed by atoms with E-state index < -0.39 is 0 Å². The molecule has 9 nitrogen and oxygen atoms in total. The summed E-state index contributed by atoms with van der Waals surface area (Å²) in [7, 11) is 0. The third-order valence-electron chi connectivity index (χ3n) is 6.31. The molecule has 1 amide bonds. The van der Waals surface area contributed by atoms with Gasteiger partial charge in [-0.2, -0.15) is 0 Å². The van der Waals surface area contributed by atoms with Crippen LogP contribution >= 0.6 is 11.3 Å². The number of carbonyl (C=O) groups is 2. The number of anilines is 1. The molecule has 2 saturated heterocycles. The first-order chi connectivity index (χ1) is 16.7. The molecule has 3 aliphatic rings. The zero-order valence-corrected chi connectivity index (χ0v) is 19.7. The van der Waals surface area contributed by atoms with Crippen molar-refractivity contribution in [2.75, 3.05) is 51.4 Å². The molecule has 0 spiro atoms. The fourth-order valence-corrected chi connectivity index (χ4v) is 5.42. The van der Waals surface area contributed by atoms with Crippen LogP contribution in [0.25, 0.3) is 11.5 Å². The lowest BCUT2D eigenvalue weighted by Gasteiger charge is -2.29. The van der Waals surface area contributed by atoms with Crippen LogP contribution in [0.1, 0.15) is 28.9 Å². The third-order valence-corrected chi connectivity index (χ3v) is 7.30. The van der Waals surface area contributed by atoms with Crippen molar-refractivity contribution >= 4 is 34.4 Å². The summed E-state index contributed by atoms with van der Waals surface area (Å²) in [6.45, 7) is 5.19. The number of ketones is 1. The van der Waals surface area contributed by atoms with Crippen molar-refractivity contribution in [3.05, 3.63) is 34.9 Å². The fraction of sp³-hybridized carbons (Fsp3) is 0.500. The lowest BCUT2D eigenvalue weighted by Crippen LogP contribution is -2.41. The van der Waals surface area contributed by atoms with E-state index in [9.17, 15) is 9.59 Å². The Morgan fingerprint density at radius 2 is 1.94 bits per heavy atom. The molecule has 5 rings (SSSR count). The van der Waals surface area contributed by atoms with Crippen molar-refractivity contribution in [1.29, 1.82) is 0 Å². The van der Waals surface area contributed by atoms with Crippen molar-refractivity contribution in [2.45, 2.75) is 25.3 Å². The van der Waals surface area contributed by atoms with E-state index in [2.05, 4.69) is 20.2 Å². The van der Waals surface area contributed by atoms with Crippen LogP contribution in [-0.2, 0) is 14.3 Å². The van der Waals surface area contributed by atoms with Gasteiger partial charge in [-0.1, -0.05) is 11.3 Å². The SMILES string of the molecule is O=C(Nc1nc(-c2ccco2)c(C(=O)C2CCOCC2)s1)C1=CC=NC(CN2CCOCC2)C1. The van der Waals surface area contributed by atoms with Gasteiger partial charge in [0, 0.05) is 57.0 Å². The van der Waals surface area contributed by atoms with Crippen LogP contribution in [0.3, 0.4) is 0 Å². The number of amides is 1. The number of ether oxygens (including phenoxy) is 2. The van der Waals surface area contributed by atoms with Crippen LogP contribution in [0.5, 0.6) is 0 Å². The van der Waals surface area contributed by atoms with E-state index in [0.29, 0.717) is 59.5 Å². The van der Waals surface area contributed by atoms with E-state index in [-0.39, 0.29) is 23.7 Å². The van der Waals surface area contributed by atoms with Crippen LogP contribution in [0, 0.1) is 5.92 Å². The van der Waals surface area contributed by atoms with Crippen LogP contribution < -0.4 is 5.32 Å². The lowest BCUT2D eigenvalue weighted by atomic mass is 9.94. The van der Waals surface area contributed by atoms with Crippen LogP contribution in [-0.4, -0.2) is 79.9 Å². The first-order valence-electron chi connectivity index (χ1n) is 11.7. The third kappa shape index (κ3) is 5.35. The van der Waals surface area contributed by atoms with Crippen LogP contribution in [0.2, 0.25) is 0 Å². The number of hydrogen-bond acceptors (Lipinski definition) is 9. The number of aromatic nitrogens is 1. The van der Waals surface area contributed by atoms with Gasteiger partial charge in [-0.15, -0.1) is 0 Å². The molecular formula is C24H28N4O5S. The maximum atomic E-state index is 13.3. The predicted molar refractivity (Wildman–Crippen MR) is 129 cm³/mol. The Morgan fingerprint density at radius 3 is 2.71 bits per heavy atom. The van der Waals surface area contributed by atoms with Gasteiger partial charge in [-0.25, -0.2) is 4.98 Å². The standard InChI is InChI=1S/C24H28N4O5S/c29-21(16-4-10-31-11-5-16)22-20(19-2-1-9-33-19)26-24(34-22)27-23(30)17-3-6-25-18(14-17)15-28-7-12-32-13-8-28/h1-3,6,9,16,18H,4-5,7-8,10-15H2,(H,26,27,30). The highest BCUT2D eigenvalue weighted by Gasteiger charge is 2.30. The number of rotatable bonds is 7. The van der Waals surface area contributed by atoms with Crippen molar-refractivity contribution < 1.29 is 23.5 Å². The molecule has 1 N–H and O–H groups in total. The van der Waals surface area contributed by atoms with E-state index in [0.717, 1.165) is 32.8 Å². The minimum Gasteiger partial charge on any atom is -0.463 e. The van der Waals surface area contributed by atoms with E-state index in [1.165, 1.54) is 11.3 Å². The molecule has 2 aromatic rings. The summed E-state index contributed by atoms with van der Waals surface area (Å²) in [6, 6.07) is 3.57. The minimum atomic E-state index is -0.220. The van der Waals surface area contributed by atoms with Crippen molar-refractivity contribution in [1.82, 2.24) is 9.88 Å². The highest BCUT2D eigenvalue weighted by Crippen LogP contribution is 2.35. The number of nitrogens with zero attached hydrogens (tertiary/aromatic N) is 3. The molecule has 0 aromatic carbocycles.